The van der Waals surface area contributed by atoms with Gasteiger partial charge in [-0.15, -0.1) is 0 Å². The number of nitrogens with one attached hydrogen (secondary N) is 2. The smallest absolute Gasteiger partial charge is 0.183 e. The molecule has 2 aliphatic rings. The van der Waals surface area contributed by atoms with E-state index in [9.17, 15) is 0 Å². The summed E-state index contributed by atoms with van der Waals surface area (Å²) in [7, 11) is 0. The first kappa shape index (κ1) is 20.3. The van der Waals surface area contributed by atoms with Crippen molar-refractivity contribution in [1.29, 1.82) is 0 Å². The summed E-state index contributed by atoms with van der Waals surface area (Å²) >= 11 is 3.53. The van der Waals surface area contributed by atoms with Crippen LogP contribution in [-0.2, 0) is 6.42 Å². The zero-order valence-electron chi connectivity index (χ0n) is 17.3. The maximum Gasteiger partial charge on any atom is 0.183 e. The van der Waals surface area contributed by atoms with E-state index in [0.29, 0.717) is 12.0 Å². The van der Waals surface area contributed by atoms with Gasteiger partial charge in [-0.05, 0) is 49.1 Å². The summed E-state index contributed by atoms with van der Waals surface area (Å²) < 4.78 is 1.22. The highest BCUT2D eigenvalue weighted by Gasteiger charge is 2.23. The van der Waals surface area contributed by atoms with Crippen molar-refractivity contribution in [2.24, 2.45) is 10.9 Å². The van der Waals surface area contributed by atoms with E-state index < -0.39 is 0 Å². The van der Waals surface area contributed by atoms with Crippen LogP contribution >= 0.6 is 23.1 Å². The molecule has 1 aliphatic carbocycles. The highest BCUT2D eigenvalue weighted by Crippen LogP contribution is 2.28. The molecule has 0 amide bonds. The van der Waals surface area contributed by atoms with Crippen LogP contribution in [0.3, 0.4) is 0 Å². The van der Waals surface area contributed by atoms with Crippen LogP contribution in [0.15, 0.2) is 77.8 Å². The molecule has 5 rings (SSSR count). The number of anilines is 2. The second kappa shape index (κ2) is 9.71. The minimum atomic E-state index is 0.387. The molecule has 0 saturated heterocycles. The third kappa shape index (κ3) is 5.20. The van der Waals surface area contributed by atoms with E-state index >= 15 is 0 Å². The topological polar surface area (TPSA) is 49.3 Å². The number of nitrogens with zero attached hydrogens (tertiary/aromatic N) is 2. The summed E-state index contributed by atoms with van der Waals surface area (Å²) in [6.07, 6.45) is 12.1. The van der Waals surface area contributed by atoms with Crippen LogP contribution in [-0.4, -0.2) is 28.5 Å². The van der Waals surface area contributed by atoms with Crippen molar-refractivity contribution in [2.75, 3.05) is 22.9 Å². The van der Waals surface area contributed by atoms with Crippen LogP contribution in [0.5, 0.6) is 0 Å². The molecule has 6 heteroatoms. The van der Waals surface area contributed by atoms with Crippen LogP contribution in [0.1, 0.15) is 18.4 Å². The number of benzene rings is 2. The molecule has 4 nitrogen and oxygen atoms in total. The van der Waals surface area contributed by atoms with Gasteiger partial charge in [0.15, 0.2) is 10.3 Å². The average Bonchev–Trinajstić information content (AvgIpc) is 3.24. The molecule has 2 atom stereocenters. The molecule has 1 unspecified atom stereocenters. The molecule has 0 bridgehead atoms. The molecule has 31 heavy (non-hydrogen) atoms. The van der Waals surface area contributed by atoms with Crippen LogP contribution in [0.25, 0.3) is 10.2 Å². The molecular weight excluding hydrogens is 420 g/mol. The molecule has 2 aromatic carbocycles. The Balaban J connectivity index is 1.14. The van der Waals surface area contributed by atoms with Gasteiger partial charge in [-0.3, -0.25) is 4.99 Å². The van der Waals surface area contributed by atoms with Gasteiger partial charge in [0.05, 0.1) is 16.3 Å². The molecule has 1 aliphatic heterocycles. The predicted molar refractivity (Wildman–Crippen MR) is 137 cm³/mol. The van der Waals surface area contributed by atoms with Crippen molar-refractivity contribution in [1.82, 2.24) is 4.98 Å². The van der Waals surface area contributed by atoms with Gasteiger partial charge in [0.2, 0.25) is 0 Å². The highest BCUT2D eigenvalue weighted by atomic mass is 32.2. The second-order valence-electron chi connectivity index (χ2n) is 7.84. The van der Waals surface area contributed by atoms with E-state index in [2.05, 4.69) is 82.4 Å². The minimum Gasteiger partial charge on any atom is -0.361 e. The molecule has 0 spiro atoms. The number of allylic oxidation sites excluding steroid dienone is 3. The SMILES string of the molecule is C1=CCC([C@@H]2CCSC(Nc3ccc(CCNc4nc5ccccc5s4)cc3)=N2)C=C1. The predicted octanol–water partition coefficient (Wildman–Crippen LogP) is 6.36. The molecule has 2 N–H and O–H groups in total. The van der Waals surface area contributed by atoms with Crippen molar-refractivity contribution in [3.8, 4) is 0 Å². The summed E-state index contributed by atoms with van der Waals surface area (Å²) in [5.74, 6) is 1.66. The standard InChI is InChI=1S/C25H26N4S2/c1-2-6-19(7-3-1)21-15-17-30-25(28-21)27-20-12-10-18(11-13-20)14-16-26-24-29-22-8-4-5-9-23(22)31-24/h1-6,8-13,19,21H,7,14-17H2,(H,26,29)(H,27,28)/t19?,21-/m0/s1. The molecular formula is C25H26N4S2. The molecule has 1 aromatic heterocycles. The van der Waals surface area contributed by atoms with Gasteiger partial charge in [-0.2, -0.15) is 0 Å². The van der Waals surface area contributed by atoms with E-state index in [4.69, 9.17) is 4.99 Å². The number of hydrogen-bond donors (Lipinski definition) is 2. The lowest BCUT2D eigenvalue weighted by atomic mass is 9.91. The average molecular weight is 447 g/mol. The minimum absolute atomic E-state index is 0.387. The third-order valence-corrected chi connectivity index (χ3v) is 7.55. The monoisotopic (exact) mass is 446 g/mol. The number of amidine groups is 1. The Morgan fingerprint density at radius 3 is 2.77 bits per heavy atom. The fraction of sp³-hybridized carbons (Fsp3) is 0.280. The summed E-state index contributed by atoms with van der Waals surface area (Å²) in [6, 6.07) is 17.4. The molecule has 2 heterocycles. The number of thiazole rings is 1. The van der Waals surface area contributed by atoms with E-state index in [1.54, 1.807) is 11.3 Å². The van der Waals surface area contributed by atoms with Gasteiger partial charge >= 0.3 is 0 Å². The van der Waals surface area contributed by atoms with Gasteiger partial charge in [-0.1, -0.05) is 71.7 Å². The number of hydrogen-bond acceptors (Lipinski definition) is 6. The Hall–Kier alpha value is -2.57. The third-order valence-electron chi connectivity index (χ3n) is 5.63. The fourth-order valence-corrected chi connectivity index (χ4v) is 5.78. The Kier molecular flexibility index (Phi) is 6.37. The second-order valence-corrected chi connectivity index (χ2v) is 9.95. The van der Waals surface area contributed by atoms with E-state index in [1.165, 1.54) is 10.3 Å². The number of fused-ring (bicyclic) bond motifs is 1. The summed E-state index contributed by atoms with van der Waals surface area (Å²) in [6.45, 7) is 0.875. The number of para-hydroxylation sites is 1. The molecule has 0 radical (unpaired) electrons. The lowest BCUT2D eigenvalue weighted by Crippen LogP contribution is -2.26. The van der Waals surface area contributed by atoms with E-state index in [1.807, 2.05) is 17.8 Å². The van der Waals surface area contributed by atoms with Crippen molar-refractivity contribution >= 4 is 49.3 Å². The van der Waals surface area contributed by atoms with E-state index in [-0.39, 0.29) is 0 Å². The van der Waals surface area contributed by atoms with Gasteiger partial charge in [-0.25, -0.2) is 4.98 Å². The fourth-order valence-electron chi connectivity index (χ4n) is 3.93. The van der Waals surface area contributed by atoms with Crippen molar-refractivity contribution in [2.45, 2.75) is 25.3 Å². The number of aromatic nitrogens is 1. The van der Waals surface area contributed by atoms with Crippen LogP contribution < -0.4 is 10.6 Å². The first-order chi connectivity index (χ1) is 15.3. The molecule has 0 fully saturated rings. The zero-order chi connectivity index (χ0) is 20.9. The Morgan fingerprint density at radius 2 is 1.94 bits per heavy atom. The zero-order valence-corrected chi connectivity index (χ0v) is 19.0. The maximum atomic E-state index is 4.99. The van der Waals surface area contributed by atoms with Crippen LogP contribution in [0.2, 0.25) is 0 Å². The first-order valence-electron chi connectivity index (χ1n) is 10.8. The summed E-state index contributed by atoms with van der Waals surface area (Å²) in [5.41, 5.74) is 3.48. The van der Waals surface area contributed by atoms with Gasteiger partial charge < -0.3 is 10.6 Å². The Morgan fingerprint density at radius 1 is 1.03 bits per heavy atom. The van der Waals surface area contributed by atoms with E-state index in [0.717, 1.165) is 53.1 Å². The maximum absolute atomic E-state index is 4.99. The number of rotatable bonds is 6. The normalized spacial score (nSPS) is 20.6. The van der Waals surface area contributed by atoms with Crippen LogP contribution in [0, 0.1) is 5.92 Å². The first-order valence-corrected chi connectivity index (χ1v) is 12.6. The highest BCUT2D eigenvalue weighted by molar-refractivity contribution is 8.14. The lowest BCUT2D eigenvalue weighted by Gasteiger charge is -2.26. The van der Waals surface area contributed by atoms with Crippen LogP contribution in [0.4, 0.5) is 10.8 Å². The number of thioether (sulfide) groups is 1. The summed E-state index contributed by atoms with van der Waals surface area (Å²) in [5, 5.41) is 9.01. The summed E-state index contributed by atoms with van der Waals surface area (Å²) in [4.78, 5) is 9.63. The van der Waals surface area contributed by atoms with Crippen molar-refractivity contribution in [3.63, 3.8) is 0 Å². The Labute approximate surface area is 191 Å². The Bertz CT molecular complexity index is 1080. The quantitative estimate of drug-likeness (QED) is 0.463. The lowest BCUT2D eigenvalue weighted by molar-refractivity contribution is 0.494. The molecule has 3 aromatic rings. The van der Waals surface area contributed by atoms with Crippen molar-refractivity contribution < 1.29 is 0 Å². The van der Waals surface area contributed by atoms with Gasteiger partial charge in [0.25, 0.3) is 0 Å². The molecule has 0 saturated carbocycles. The van der Waals surface area contributed by atoms with Gasteiger partial charge in [0, 0.05) is 23.9 Å². The molecule has 158 valence electrons. The number of aliphatic imine (C=N–C) groups is 1. The largest absolute Gasteiger partial charge is 0.361 e. The van der Waals surface area contributed by atoms with Gasteiger partial charge in [0.1, 0.15) is 0 Å². The van der Waals surface area contributed by atoms with Crippen molar-refractivity contribution in [3.05, 3.63) is 78.4 Å².